The number of primary sulfonamides is 1. The van der Waals surface area contributed by atoms with Gasteiger partial charge in [-0.25, -0.2) is 13.6 Å². The molecule has 154 valence electrons. The summed E-state index contributed by atoms with van der Waals surface area (Å²) in [5.74, 6) is 0.155. The summed E-state index contributed by atoms with van der Waals surface area (Å²) in [6, 6.07) is 22.1. The number of benzene rings is 3. The van der Waals surface area contributed by atoms with Crippen LogP contribution in [0.3, 0.4) is 0 Å². The van der Waals surface area contributed by atoms with E-state index in [2.05, 4.69) is 10.6 Å². The van der Waals surface area contributed by atoms with Crippen LogP contribution in [-0.4, -0.2) is 19.4 Å². The maximum absolute atomic E-state index is 12.5. The minimum atomic E-state index is -3.77. The Kier molecular flexibility index (Phi) is 6.78. The van der Waals surface area contributed by atoms with Gasteiger partial charge in [0.2, 0.25) is 10.0 Å². The monoisotopic (exact) mass is 441 g/mol. The van der Waals surface area contributed by atoms with Gasteiger partial charge in [-0.2, -0.15) is 0 Å². The fourth-order valence-corrected chi connectivity index (χ4v) is 3.26. The molecule has 3 rings (SSSR count). The average molecular weight is 442 g/mol. The molecule has 0 fully saturated rings. The molecule has 0 radical (unpaired) electrons. The van der Waals surface area contributed by atoms with Gasteiger partial charge in [0.25, 0.3) is 5.91 Å². The first-order valence-corrected chi connectivity index (χ1v) is 10.8. The maximum Gasteiger partial charge on any atom is 0.257 e. The van der Waals surface area contributed by atoms with Gasteiger partial charge in [0, 0.05) is 11.3 Å². The minimum Gasteiger partial charge on any atom is -0.489 e. The van der Waals surface area contributed by atoms with E-state index in [1.165, 1.54) is 24.3 Å². The molecular weight excluding hydrogens is 422 g/mol. The second-order valence-electron chi connectivity index (χ2n) is 6.28. The van der Waals surface area contributed by atoms with Crippen LogP contribution < -0.4 is 20.5 Å². The summed E-state index contributed by atoms with van der Waals surface area (Å²) in [4.78, 5) is 12.4. The van der Waals surface area contributed by atoms with Crippen molar-refractivity contribution < 1.29 is 17.9 Å². The van der Waals surface area contributed by atoms with E-state index in [-0.39, 0.29) is 10.0 Å². The lowest BCUT2D eigenvalue weighted by Crippen LogP contribution is -2.34. The van der Waals surface area contributed by atoms with E-state index in [0.29, 0.717) is 23.6 Å². The second kappa shape index (κ2) is 9.49. The Morgan fingerprint density at radius 3 is 2.33 bits per heavy atom. The van der Waals surface area contributed by atoms with Crippen LogP contribution >= 0.6 is 12.2 Å². The SMILES string of the molecule is NS(=O)(=O)c1ccc(NC(=S)NC(=O)c2cccc(OCc3ccccc3)c2)cc1. The van der Waals surface area contributed by atoms with Crippen molar-refractivity contribution >= 4 is 38.9 Å². The lowest BCUT2D eigenvalue weighted by atomic mass is 10.2. The summed E-state index contributed by atoms with van der Waals surface area (Å²) in [6.07, 6.45) is 0. The predicted octanol–water partition coefficient (Wildman–Crippen LogP) is 3.04. The van der Waals surface area contributed by atoms with Crippen molar-refractivity contribution in [2.75, 3.05) is 5.32 Å². The van der Waals surface area contributed by atoms with Gasteiger partial charge in [0.15, 0.2) is 5.11 Å². The molecule has 0 bridgehead atoms. The van der Waals surface area contributed by atoms with Crippen molar-refractivity contribution in [3.05, 3.63) is 90.0 Å². The molecule has 0 atom stereocenters. The topological polar surface area (TPSA) is 111 Å². The number of hydrogen-bond acceptors (Lipinski definition) is 5. The molecule has 30 heavy (non-hydrogen) atoms. The summed E-state index contributed by atoms with van der Waals surface area (Å²) >= 11 is 5.15. The fraction of sp³-hybridized carbons (Fsp3) is 0.0476. The van der Waals surface area contributed by atoms with E-state index in [4.69, 9.17) is 22.1 Å². The van der Waals surface area contributed by atoms with Gasteiger partial charge in [0.05, 0.1) is 4.90 Å². The molecule has 0 saturated carbocycles. The number of carbonyl (C=O) groups excluding carboxylic acids is 1. The highest BCUT2D eigenvalue weighted by Crippen LogP contribution is 2.16. The number of thiocarbonyl (C=S) groups is 1. The summed E-state index contributed by atoms with van der Waals surface area (Å²) in [7, 11) is -3.77. The fourth-order valence-electron chi connectivity index (χ4n) is 2.53. The van der Waals surface area contributed by atoms with Gasteiger partial charge in [-0.3, -0.25) is 10.1 Å². The Morgan fingerprint density at radius 2 is 1.67 bits per heavy atom. The van der Waals surface area contributed by atoms with Crippen LogP contribution in [0.15, 0.2) is 83.8 Å². The number of nitrogens with one attached hydrogen (secondary N) is 2. The predicted molar refractivity (Wildman–Crippen MR) is 119 cm³/mol. The zero-order chi connectivity index (χ0) is 21.6. The van der Waals surface area contributed by atoms with Crippen molar-refractivity contribution in [3.63, 3.8) is 0 Å². The van der Waals surface area contributed by atoms with Gasteiger partial charge in [-0.15, -0.1) is 0 Å². The number of amides is 1. The molecule has 0 aliphatic rings. The highest BCUT2D eigenvalue weighted by molar-refractivity contribution is 7.89. The molecule has 9 heteroatoms. The molecular formula is C21H19N3O4S2. The molecule has 3 aromatic carbocycles. The Balaban J connectivity index is 1.58. The van der Waals surface area contributed by atoms with Crippen LogP contribution in [0.25, 0.3) is 0 Å². The number of anilines is 1. The number of rotatable bonds is 6. The lowest BCUT2D eigenvalue weighted by molar-refractivity contribution is 0.0977. The van der Waals surface area contributed by atoms with E-state index >= 15 is 0 Å². The van der Waals surface area contributed by atoms with E-state index in [9.17, 15) is 13.2 Å². The summed E-state index contributed by atoms with van der Waals surface area (Å²) in [6.45, 7) is 0.389. The first-order chi connectivity index (χ1) is 14.3. The quantitative estimate of drug-likeness (QED) is 0.507. The molecule has 0 heterocycles. The Bertz CT molecular complexity index is 1150. The molecule has 1 amide bonds. The van der Waals surface area contributed by atoms with E-state index < -0.39 is 15.9 Å². The van der Waals surface area contributed by atoms with Gasteiger partial charge in [0.1, 0.15) is 12.4 Å². The van der Waals surface area contributed by atoms with Crippen LogP contribution in [-0.2, 0) is 16.6 Å². The molecule has 0 aromatic heterocycles. The van der Waals surface area contributed by atoms with Gasteiger partial charge in [-0.1, -0.05) is 36.4 Å². The first kappa shape index (κ1) is 21.4. The van der Waals surface area contributed by atoms with Gasteiger partial charge >= 0.3 is 0 Å². The van der Waals surface area contributed by atoms with Crippen LogP contribution in [0.4, 0.5) is 5.69 Å². The molecule has 0 aliphatic heterocycles. The maximum atomic E-state index is 12.5. The highest BCUT2D eigenvalue weighted by atomic mass is 32.2. The second-order valence-corrected chi connectivity index (χ2v) is 8.25. The molecule has 0 saturated heterocycles. The number of carbonyl (C=O) groups is 1. The smallest absolute Gasteiger partial charge is 0.257 e. The average Bonchev–Trinajstić information content (AvgIpc) is 2.73. The summed E-state index contributed by atoms with van der Waals surface area (Å²) in [5.41, 5.74) is 1.91. The molecule has 0 aliphatic carbocycles. The highest BCUT2D eigenvalue weighted by Gasteiger charge is 2.11. The normalized spacial score (nSPS) is 10.8. The lowest BCUT2D eigenvalue weighted by Gasteiger charge is -2.11. The molecule has 7 nitrogen and oxygen atoms in total. The minimum absolute atomic E-state index is 0.0182. The summed E-state index contributed by atoms with van der Waals surface area (Å²) in [5, 5.41) is 10.5. The number of sulfonamides is 1. The third-order valence-corrected chi connectivity index (χ3v) is 5.15. The van der Waals surface area contributed by atoms with Crippen molar-refractivity contribution in [2.24, 2.45) is 5.14 Å². The van der Waals surface area contributed by atoms with Crippen molar-refractivity contribution in [3.8, 4) is 5.75 Å². The summed E-state index contributed by atoms with van der Waals surface area (Å²) < 4.78 is 28.3. The van der Waals surface area contributed by atoms with Gasteiger partial charge in [-0.05, 0) is 60.2 Å². The zero-order valence-electron chi connectivity index (χ0n) is 15.7. The Morgan fingerprint density at radius 1 is 0.967 bits per heavy atom. The first-order valence-electron chi connectivity index (χ1n) is 8.83. The molecule has 0 unspecified atom stereocenters. The third kappa shape index (κ3) is 6.11. The molecule has 3 aromatic rings. The Labute approximate surface area is 179 Å². The molecule has 0 spiro atoms. The zero-order valence-corrected chi connectivity index (χ0v) is 17.4. The van der Waals surface area contributed by atoms with Crippen molar-refractivity contribution in [1.82, 2.24) is 5.32 Å². The van der Waals surface area contributed by atoms with E-state index in [1.54, 1.807) is 24.3 Å². The molecule has 4 N–H and O–H groups in total. The van der Waals surface area contributed by atoms with E-state index in [1.807, 2.05) is 30.3 Å². The van der Waals surface area contributed by atoms with E-state index in [0.717, 1.165) is 5.56 Å². The van der Waals surface area contributed by atoms with Crippen molar-refractivity contribution in [2.45, 2.75) is 11.5 Å². The van der Waals surface area contributed by atoms with Crippen LogP contribution in [0.1, 0.15) is 15.9 Å². The number of ether oxygens (including phenoxy) is 1. The number of hydrogen-bond donors (Lipinski definition) is 3. The van der Waals surface area contributed by atoms with Crippen molar-refractivity contribution in [1.29, 1.82) is 0 Å². The van der Waals surface area contributed by atoms with Crippen LogP contribution in [0.5, 0.6) is 5.75 Å². The Hall–Kier alpha value is -3.27. The third-order valence-electron chi connectivity index (χ3n) is 4.01. The van der Waals surface area contributed by atoms with Gasteiger partial charge < -0.3 is 10.1 Å². The number of nitrogens with two attached hydrogens (primary N) is 1. The van der Waals surface area contributed by atoms with Crippen LogP contribution in [0, 0.1) is 0 Å². The largest absolute Gasteiger partial charge is 0.489 e. The van der Waals surface area contributed by atoms with Crippen LogP contribution in [0.2, 0.25) is 0 Å². The standard InChI is InChI=1S/C21H19N3O4S2/c22-30(26,27)19-11-9-17(10-12-19)23-21(29)24-20(25)16-7-4-8-18(13-16)28-14-15-5-2-1-3-6-15/h1-13H,14H2,(H2,22,26,27)(H2,23,24,25,29).